The maximum atomic E-state index is 5.94. The van der Waals surface area contributed by atoms with Gasteiger partial charge >= 0.3 is 0 Å². The molecule has 3 nitrogen and oxygen atoms in total. The van der Waals surface area contributed by atoms with Crippen LogP contribution in [-0.4, -0.2) is 23.4 Å². The van der Waals surface area contributed by atoms with Crippen LogP contribution in [0.1, 0.15) is 37.9 Å². The van der Waals surface area contributed by atoms with Crippen LogP contribution >= 0.6 is 0 Å². The molecule has 17 heavy (non-hydrogen) atoms. The van der Waals surface area contributed by atoms with Crippen molar-refractivity contribution in [1.82, 2.24) is 4.90 Å². The van der Waals surface area contributed by atoms with Crippen LogP contribution in [0.2, 0.25) is 0 Å². The number of nitrogens with zero attached hydrogens (tertiary/aromatic N) is 2. The van der Waals surface area contributed by atoms with Crippen molar-refractivity contribution in [2.75, 3.05) is 6.54 Å². The molecule has 0 spiro atoms. The lowest BCUT2D eigenvalue weighted by molar-refractivity contribution is 0.290. The molecule has 1 aliphatic rings. The summed E-state index contributed by atoms with van der Waals surface area (Å²) in [4.78, 5) is 6.55. The van der Waals surface area contributed by atoms with Crippen LogP contribution in [0.25, 0.3) is 0 Å². The summed E-state index contributed by atoms with van der Waals surface area (Å²) in [6, 6.07) is 9.49. The SMILES string of the molecule is CCc1ccc(C2CN=C(N)N2C(C)C)cc1. The number of aliphatic imine (C=N–C) groups is 1. The van der Waals surface area contributed by atoms with E-state index in [9.17, 15) is 0 Å². The number of aryl methyl sites for hydroxylation is 1. The second-order valence-corrected chi connectivity index (χ2v) is 4.81. The van der Waals surface area contributed by atoms with Gasteiger partial charge in [-0.2, -0.15) is 0 Å². The quantitative estimate of drug-likeness (QED) is 0.867. The Morgan fingerprint density at radius 1 is 1.35 bits per heavy atom. The smallest absolute Gasteiger partial charge is 0.192 e. The summed E-state index contributed by atoms with van der Waals surface area (Å²) in [6.45, 7) is 7.25. The second-order valence-electron chi connectivity index (χ2n) is 4.81. The van der Waals surface area contributed by atoms with Crippen LogP contribution in [0, 0.1) is 0 Å². The highest BCUT2D eigenvalue weighted by molar-refractivity contribution is 5.80. The van der Waals surface area contributed by atoms with E-state index in [1.807, 2.05) is 0 Å². The van der Waals surface area contributed by atoms with Gasteiger partial charge < -0.3 is 10.6 Å². The van der Waals surface area contributed by atoms with E-state index in [1.165, 1.54) is 11.1 Å². The molecule has 2 N–H and O–H groups in total. The maximum absolute atomic E-state index is 5.94. The molecule has 0 radical (unpaired) electrons. The van der Waals surface area contributed by atoms with Gasteiger partial charge in [-0.25, -0.2) is 0 Å². The van der Waals surface area contributed by atoms with E-state index in [1.54, 1.807) is 0 Å². The normalized spacial score (nSPS) is 19.9. The number of hydrogen-bond donors (Lipinski definition) is 1. The van der Waals surface area contributed by atoms with Crippen LogP contribution in [0.5, 0.6) is 0 Å². The fourth-order valence-electron chi connectivity index (χ4n) is 2.38. The van der Waals surface area contributed by atoms with Gasteiger partial charge in [0.2, 0.25) is 0 Å². The molecular formula is C14H21N3. The first-order chi connectivity index (χ1) is 8.13. The first kappa shape index (κ1) is 12.0. The average molecular weight is 231 g/mol. The van der Waals surface area contributed by atoms with Crippen molar-refractivity contribution in [1.29, 1.82) is 0 Å². The average Bonchev–Trinajstić information content (AvgIpc) is 2.71. The van der Waals surface area contributed by atoms with Crippen molar-refractivity contribution >= 4 is 5.96 Å². The Bertz CT molecular complexity index is 406. The third-order valence-corrected chi connectivity index (χ3v) is 3.36. The van der Waals surface area contributed by atoms with Gasteiger partial charge in [0.05, 0.1) is 12.6 Å². The van der Waals surface area contributed by atoms with E-state index in [0.717, 1.165) is 13.0 Å². The van der Waals surface area contributed by atoms with Crippen molar-refractivity contribution < 1.29 is 0 Å². The molecular weight excluding hydrogens is 210 g/mol. The fraction of sp³-hybridized carbons (Fsp3) is 0.500. The Balaban J connectivity index is 2.22. The highest BCUT2D eigenvalue weighted by Gasteiger charge is 2.29. The standard InChI is InChI=1S/C14H21N3/c1-4-11-5-7-12(8-6-11)13-9-16-14(15)17(13)10(2)3/h5-8,10,13H,4,9H2,1-3H3,(H2,15,16). The fourth-order valence-corrected chi connectivity index (χ4v) is 2.38. The molecule has 1 atom stereocenters. The molecule has 0 fully saturated rings. The van der Waals surface area contributed by atoms with E-state index in [-0.39, 0.29) is 0 Å². The van der Waals surface area contributed by atoms with Crippen molar-refractivity contribution in [2.45, 2.75) is 39.3 Å². The molecule has 1 heterocycles. The van der Waals surface area contributed by atoms with E-state index < -0.39 is 0 Å². The first-order valence-electron chi connectivity index (χ1n) is 6.30. The summed E-state index contributed by atoms with van der Waals surface area (Å²) >= 11 is 0. The number of nitrogens with two attached hydrogens (primary N) is 1. The minimum absolute atomic E-state index is 0.306. The third-order valence-electron chi connectivity index (χ3n) is 3.36. The molecule has 0 aliphatic carbocycles. The van der Waals surface area contributed by atoms with Crippen LogP contribution in [0.15, 0.2) is 29.3 Å². The summed E-state index contributed by atoms with van der Waals surface area (Å²) in [5, 5.41) is 0. The molecule has 1 unspecified atom stereocenters. The number of hydrogen-bond acceptors (Lipinski definition) is 3. The Hall–Kier alpha value is -1.51. The monoisotopic (exact) mass is 231 g/mol. The van der Waals surface area contributed by atoms with Crippen molar-refractivity contribution in [3.8, 4) is 0 Å². The third kappa shape index (κ3) is 2.28. The van der Waals surface area contributed by atoms with Crippen LogP contribution in [0.3, 0.4) is 0 Å². The van der Waals surface area contributed by atoms with Gasteiger partial charge in [0.15, 0.2) is 5.96 Å². The molecule has 0 aromatic heterocycles. The Kier molecular flexibility index (Phi) is 3.36. The maximum Gasteiger partial charge on any atom is 0.192 e. The molecule has 1 aromatic carbocycles. The van der Waals surface area contributed by atoms with Gasteiger partial charge in [-0.15, -0.1) is 0 Å². The Morgan fingerprint density at radius 3 is 2.53 bits per heavy atom. The molecule has 3 heteroatoms. The van der Waals surface area contributed by atoms with Crippen molar-refractivity contribution in [3.63, 3.8) is 0 Å². The summed E-state index contributed by atoms with van der Waals surface area (Å²) in [6.07, 6.45) is 1.08. The molecule has 1 aromatic rings. The predicted molar refractivity (Wildman–Crippen MR) is 72.0 cm³/mol. The predicted octanol–water partition coefficient (Wildman–Crippen LogP) is 2.33. The topological polar surface area (TPSA) is 41.6 Å². The summed E-state index contributed by atoms with van der Waals surface area (Å²) in [5.74, 6) is 0.671. The van der Waals surface area contributed by atoms with Crippen LogP contribution < -0.4 is 5.73 Å². The summed E-state index contributed by atoms with van der Waals surface area (Å²) < 4.78 is 0. The molecule has 0 bridgehead atoms. The van der Waals surface area contributed by atoms with Gasteiger partial charge in [-0.05, 0) is 31.4 Å². The van der Waals surface area contributed by atoms with E-state index in [4.69, 9.17) is 5.73 Å². The van der Waals surface area contributed by atoms with E-state index >= 15 is 0 Å². The zero-order chi connectivity index (χ0) is 12.4. The number of benzene rings is 1. The first-order valence-corrected chi connectivity index (χ1v) is 6.30. The summed E-state index contributed by atoms with van der Waals surface area (Å²) in [7, 11) is 0. The lowest BCUT2D eigenvalue weighted by Crippen LogP contribution is -2.40. The molecule has 92 valence electrons. The van der Waals surface area contributed by atoms with Gasteiger partial charge in [0, 0.05) is 6.04 Å². The number of guanidine groups is 1. The van der Waals surface area contributed by atoms with Gasteiger partial charge in [-0.3, -0.25) is 4.99 Å². The number of rotatable bonds is 3. The van der Waals surface area contributed by atoms with Crippen molar-refractivity contribution in [3.05, 3.63) is 35.4 Å². The van der Waals surface area contributed by atoms with Gasteiger partial charge in [-0.1, -0.05) is 31.2 Å². The lowest BCUT2D eigenvalue weighted by Gasteiger charge is -2.30. The Morgan fingerprint density at radius 2 is 2.00 bits per heavy atom. The summed E-state index contributed by atoms with van der Waals surface area (Å²) in [5.41, 5.74) is 8.62. The Labute approximate surface area is 103 Å². The highest BCUT2D eigenvalue weighted by Crippen LogP contribution is 2.27. The van der Waals surface area contributed by atoms with Crippen molar-refractivity contribution in [2.24, 2.45) is 10.7 Å². The molecule has 0 amide bonds. The minimum atomic E-state index is 0.306. The van der Waals surface area contributed by atoms with Gasteiger partial charge in [0.25, 0.3) is 0 Å². The zero-order valence-electron chi connectivity index (χ0n) is 10.9. The van der Waals surface area contributed by atoms with E-state index in [0.29, 0.717) is 18.0 Å². The van der Waals surface area contributed by atoms with Crippen LogP contribution in [0.4, 0.5) is 0 Å². The largest absolute Gasteiger partial charge is 0.370 e. The molecule has 0 saturated carbocycles. The highest BCUT2D eigenvalue weighted by atomic mass is 15.3. The lowest BCUT2D eigenvalue weighted by atomic mass is 10.0. The molecule has 0 saturated heterocycles. The van der Waals surface area contributed by atoms with E-state index in [2.05, 4.69) is 54.9 Å². The zero-order valence-corrected chi connectivity index (χ0v) is 10.9. The van der Waals surface area contributed by atoms with Crippen LogP contribution in [-0.2, 0) is 6.42 Å². The molecule has 2 rings (SSSR count). The molecule has 1 aliphatic heterocycles. The van der Waals surface area contributed by atoms with Gasteiger partial charge in [0.1, 0.15) is 0 Å². The minimum Gasteiger partial charge on any atom is -0.370 e. The second kappa shape index (κ2) is 4.78.